The molecule has 2 atom stereocenters. The molecular formula is C15H28ClN5. The van der Waals surface area contributed by atoms with Crippen molar-refractivity contribution in [1.29, 1.82) is 0 Å². The molecule has 1 N–H and O–H groups in total. The first-order valence-corrected chi connectivity index (χ1v) is 8.12. The first kappa shape index (κ1) is 16.7. The van der Waals surface area contributed by atoms with Crippen LogP contribution in [0.4, 0.5) is 0 Å². The first-order valence-electron chi connectivity index (χ1n) is 7.74. The van der Waals surface area contributed by atoms with Crippen LogP contribution in [-0.2, 0) is 0 Å². The fourth-order valence-electron chi connectivity index (χ4n) is 3.23. The van der Waals surface area contributed by atoms with Crippen molar-refractivity contribution in [3.63, 3.8) is 0 Å². The number of halogens is 1. The highest BCUT2D eigenvalue weighted by atomic mass is 35.5. The van der Waals surface area contributed by atoms with Crippen LogP contribution in [0.2, 0.25) is 5.02 Å². The largest absolute Gasteiger partial charge is 0.310 e. The molecule has 0 radical (unpaired) electrons. The molecule has 2 heterocycles. The Morgan fingerprint density at radius 1 is 1.33 bits per heavy atom. The zero-order chi connectivity index (χ0) is 15.6. The minimum absolute atomic E-state index is 0.174. The lowest BCUT2D eigenvalue weighted by molar-refractivity contribution is 0.177. The maximum Gasteiger partial charge on any atom is 0.0834 e. The predicted octanol–water partition coefficient (Wildman–Crippen LogP) is 2.01. The Hall–Kier alpha value is -0.620. The van der Waals surface area contributed by atoms with E-state index in [1.54, 1.807) is 6.20 Å². The summed E-state index contributed by atoms with van der Waals surface area (Å²) in [6, 6.07) is 0.860. The molecule has 2 unspecified atom stereocenters. The number of hydrogen-bond acceptors (Lipinski definition) is 4. The topological polar surface area (TPSA) is 36.3 Å². The molecule has 21 heavy (non-hydrogen) atoms. The lowest BCUT2D eigenvalue weighted by Gasteiger charge is -2.35. The standard InChI is InChI=1S/C15H28ClN5/c1-11(2)21-15(12(16)9-18-21)14(17-3)13-10-19(4)7-6-8-20(13)5/h9,11,13-14,17H,6-8,10H2,1-5H3. The van der Waals surface area contributed by atoms with E-state index in [9.17, 15) is 0 Å². The second-order valence-electron chi connectivity index (χ2n) is 6.35. The molecule has 5 nitrogen and oxygen atoms in total. The quantitative estimate of drug-likeness (QED) is 0.922. The second kappa shape index (κ2) is 7.09. The van der Waals surface area contributed by atoms with E-state index in [-0.39, 0.29) is 6.04 Å². The molecule has 6 heteroatoms. The van der Waals surface area contributed by atoms with Crippen molar-refractivity contribution in [1.82, 2.24) is 24.9 Å². The van der Waals surface area contributed by atoms with E-state index in [0.717, 1.165) is 30.4 Å². The van der Waals surface area contributed by atoms with E-state index >= 15 is 0 Å². The maximum absolute atomic E-state index is 6.45. The van der Waals surface area contributed by atoms with Crippen LogP contribution in [0.15, 0.2) is 6.20 Å². The van der Waals surface area contributed by atoms with Crippen LogP contribution >= 0.6 is 11.6 Å². The summed E-state index contributed by atoms with van der Waals surface area (Å²) in [5.74, 6) is 0. The van der Waals surface area contributed by atoms with Gasteiger partial charge < -0.3 is 15.1 Å². The van der Waals surface area contributed by atoms with Gasteiger partial charge in [-0.1, -0.05) is 11.6 Å². The number of nitrogens with one attached hydrogen (secondary N) is 1. The minimum Gasteiger partial charge on any atom is -0.310 e. The molecule has 1 fully saturated rings. The van der Waals surface area contributed by atoms with Gasteiger partial charge in [-0.3, -0.25) is 4.68 Å². The third-order valence-electron chi connectivity index (χ3n) is 4.38. The van der Waals surface area contributed by atoms with Gasteiger partial charge in [0.15, 0.2) is 0 Å². The van der Waals surface area contributed by atoms with Crippen LogP contribution in [0.25, 0.3) is 0 Å². The number of rotatable bonds is 4. The molecule has 1 saturated heterocycles. The van der Waals surface area contributed by atoms with Crippen LogP contribution in [0.3, 0.4) is 0 Å². The molecule has 120 valence electrons. The Kier molecular flexibility index (Phi) is 5.66. The summed E-state index contributed by atoms with van der Waals surface area (Å²) in [5, 5.41) is 8.69. The van der Waals surface area contributed by atoms with E-state index in [1.165, 1.54) is 6.42 Å². The number of likely N-dealkylation sites (N-methyl/N-ethyl adjacent to an activating group) is 3. The third kappa shape index (κ3) is 3.59. The Morgan fingerprint density at radius 3 is 2.67 bits per heavy atom. The SMILES string of the molecule is CNC(c1c(Cl)cnn1C(C)C)C1CN(C)CCCN1C. The van der Waals surface area contributed by atoms with Crippen molar-refractivity contribution in [3.8, 4) is 0 Å². The van der Waals surface area contributed by atoms with Crippen molar-refractivity contribution >= 4 is 11.6 Å². The highest BCUT2D eigenvalue weighted by molar-refractivity contribution is 6.31. The van der Waals surface area contributed by atoms with E-state index in [2.05, 4.69) is 48.2 Å². The van der Waals surface area contributed by atoms with Gasteiger partial charge in [0.2, 0.25) is 0 Å². The summed E-state index contributed by atoms with van der Waals surface area (Å²) in [6.07, 6.45) is 2.97. The smallest absolute Gasteiger partial charge is 0.0834 e. The Bertz CT molecular complexity index is 459. The van der Waals surface area contributed by atoms with Crippen molar-refractivity contribution in [2.24, 2.45) is 0 Å². The summed E-state index contributed by atoms with van der Waals surface area (Å²) >= 11 is 6.45. The summed E-state index contributed by atoms with van der Waals surface area (Å²) in [5.41, 5.74) is 1.10. The van der Waals surface area contributed by atoms with Gasteiger partial charge in [-0.15, -0.1) is 0 Å². The van der Waals surface area contributed by atoms with Crippen molar-refractivity contribution < 1.29 is 0 Å². The molecule has 2 rings (SSSR count). The van der Waals surface area contributed by atoms with E-state index in [1.807, 2.05) is 11.7 Å². The average molecular weight is 314 g/mol. The Balaban J connectivity index is 2.36. The van der Waals surface area contributed by atoms with Crippen LogP contribution in [0, 0.1) is 0 Å². The minimum atomic E-state index is 0.174. The van der Waals surface area contributed by atoms with Gasteiger partial charge in [0.25, 0.3) is 0 Å². The molecular weight excluding hydrogens is 286 g/mol. The van der Waals surface area contributed by atoms with Gasteiger partial charge in [0, 0.05) is 18.6 Å². The van der Waals surface area contributed by atoms with Gasteiger partial charge in [-0.05, 0) is 54.5 Å². The molecule has 0 bridgehead atoms. The van der Waals surface area contributed by atoms with Gasteiger partial charge >= 0.3 is 0 Å². The Labute approximate surface area is 133 Å². The van der Waals surface area contributed by atoms with E-state index < -0.39 is 0 Å². The fourth-order valence-corrected chi connectivity index (χ4v) is 3.48. The van der Waals surface area contributed by atoms with E-state index in [4.69, 9.17) is 11.6 Å². The van der Waals surface area contributed by atoms with Gasteiger partial charge in [-0.2, -0.15) is 5.10 Å². The summed E-state index contributed by atoms with van der Waals surface area (Å²) in [4.78, 5) is 4.85. The summed E-state index contributed by atoms with van der Waals surface area (Å²) in [6.45, 7) is 7.57. The molecule has 0 saturated carbocycles. The number of hydrogen-bond donors (Lipinski definition) is 1. The van der Waals surface area contributed by atoms with Crippen LogP contribution in [0.1, 0.15) is 38.0 Å². The molecule has 0 aliphatic carbocycles. The lowest BCUT2D eigenvalue weighted by Crippen LogP contribution is -2.47. The molecule has 1 aliphatic rings. The van der Waals surface area contributed by atoms with Crippen molar-refractivity contribution in [3.05, 3.63) is 16.9 Å². The van der Waals surface area contributed by atoms with Crippen LogP contribution in [-0.4, -0.2) is 66.4 Å². The predicted molar refractivity (Wildman–Crippen MR) is 88.0 cm³/mol. The lowest BCUT2D eigenvalue weighted by atomic mass is 10.0. The molecule has 1 aliphatic heterocycles. The van der Waals surface area contributed by atoms with Crippen LogP contribution < -0.4 is 5.32 Å². The first-order chi connectivity index (χ1) is 9.95. The molecule has 0 spiro atoms. The Morgan fingerprint density at radius 2 is 2.05 bits per heavy atom. The van der Waals surface area contributed by atoms with Gasteiger partial charge in [0.1, 0.15) is 0 Å². The maximum atomic E-state index is 6.45. The molecule has 1 aromatic heterocycles. The van der Waals surface area contributed by atoms with Gasteiger partial charge in [-0.25, -0.2) is 0 Å². The normalized spacial score (nSPS) is 23.5. The number of aromatic nitrogens is 2. The molecule has 1 aromatic rings. The summed E-state index contributed by atoms with van der Waals surface area (Å²) < 4.78 is 2.04. The van der Waals surface area contributed by atoms with E-state index in [0.29, 0.717) is 12.1 Å². The highest BCUT2D eigenvalue weighted by Gasteiger charge is 2.32. The zero-order valence-corrected chi connectivity index (χ0v) is 14.6. The second-order valence-corrected chi connectivity index (χ2v) is 6.75. The van der Waals surface area contributed by atoms with Gasteiger partial charge in [0.05, 0.1) is 23.0 Å². The van der Waals surface area contributed by atoms with Crippen molar-refractivity contribution in [2.75, 3.05) is 40.8 Å². The van der Waals surface area contributed by atoms with Crippen molar-refractivity contribution in [2.45, 2.75) is 38.4 Å². The monoisotopic (exact) mass is 313 g/mol. The fraction of sp³-hybridized carbons (Fsp3) is 0.800. The van der Waals surface area contributed by atoms with Crippen LogP contribution in [0.5, 0.6) is 0 Å². The zero-order valence-electron chi connectivity index (χ0n) is 13.8. The highest BCUT2D eigenvalue weighted by Crippen LogP contribution is 2.30. The summed E-state index contributed by atoms with van der Waals surface area (Å²) in [7, 11) is 6.41. The third-order valence-corrected chi connectivity index (χ3v) is 4.67. The average Bonchev–Trinajstić information content (AvgIpc) is 2.72. The molecule has 0 aromatic carbocycles. The molecule has 0 amide bonds. The number of nitrogens with zero attached hydrogens (tertiary/aromatic N) is 4.